The van der Waals surface area contributed by atoms with Crippen molar-refractivity contribution >= 4 is 32.6 Å². The van der Waals surface area contributed by atoms with Gasteiger partial charge in [0.2, 0.25) is 0 Å². The topological polar surface area (TPSA) is 4.93 Å². The first kappa shape index (κ1) is 18.8. The molecule has 0 fully saturated rings. The van der Waals surface area contributed by atoms with E-state index in [1.54, 1.807) is 0 Å². The molecule has 0 aliphatic heterocycles. The highest BCUT2D eigenvalue weighted by Crippen LogP contribution is 2.49. The number of benzene rings is 6. The molecular weight excluding hydrogens is 422 g/mol. The van der Waals surface area contributed by atoms with Crippen molar-refractivity contribution in [2.45, 2.75) is 0 Å². The van der Waals surface area contributed by atoms with Crippen molar-refractivity contribution in [1.82, 2.24) is 4.57 Å². The van der Waals surface area contributed by atoms with Crippen LogP contribution in [0, 0.1) is 0 Å². The van der Waals surface area contributed by atoms with Gasteiger partial charge in [0.15, 0.2) is 0 Å². The van der Waals surface area contributed by atoms with E-state index >= 15 is 0 Å². The van der Waals surface area contributed by atoms with Crippen molar-refractivity contribution < 1.29 is 0 Å². The molecule has 6 aromatic carbocycles. The van der Waals surface area contributed by atoms with Crippen LogP contribution in [-0.4, -0.2) is 4.57 Å². The molecule has 1 aliphatic rings. The minimum Gasteiger partial charge on any atom is -0.309 e. The molecule has 1 heteroatoms. The first-order valence-electron chi connectivity index (χ1n) is 12.1. The van der Waals surface area contributed by atoms with Gasteiger partial charge < -0.3 is 4.57 Å². The molecule has 1 heterocycles. The van der Waals surface area contributed by atoms with Gasteiger partial charge in [-0.2, -0.15) is 0 Å². The molecule has 0 amide bonds. The lowest BCUT2D eigenvalue weighted by Crippen LogP contribution is -1.93. The molecule has 8 rings (SSSR count). The maximum Gasteiger partial charge on any atom is 0.0547 e. The van der Waals surface area contributed by atoms with E-state index in [9.17, 15) is 0 Å². The summed E-state index contributed by atoms with van der Waals surface area (Å²) in [6.07, 6.45) is 0. The molecule has 0 saturated carbocycles. The average molecular weight is 444 g/mol. The Morgan fingerprint density at radius 1 is 0.371 bits per heavy atom. The summed E-state index contributed by atoms with van der Waals surface area (Å²) in [4.78, 5) is 0. The van der Waals surface area contributed by atoms with Gasteiger partial charge in [-0.25, -0.2) is 0 Å². The molecule has 0 saturated heterocycles. The highest BCUT2D eigenvalue weighted by molar-refractivity contribution is 6.19. The minimum atomic E-state index is 1.19. The lowest BCUT2D eigenvalue weighted by Gasteiger charge is -2.12. The molecule has 0 atom stereocenters. The fraction of sp³-hybridized carbons (Fsp3) is 0. The Balaban J connectivity index is 1.43. The summed E-state index contributed by atoms with van der Waals surface area (Å²) >= 11 is 0. The Kier molecular flexibility index (Phi) is 3.72. The number of para-hydroxylation sites is 2. The monoisotopic (exact) mass is 443 g/mol. The molecule has 0 spiro atoms. The SMILES string of the molecule is c1ccc(-n2c3ccccc3c3ccc(-c4ccc5c6c(cccc46)-c4ccccc4-5)cc32)cc1. The lowest BCUT2D eigenvalue weighted by molar-refractivity contribution is 1.18. The molecule has 162 valence electrons. The van der Waals surface area contributed by atoms with Gasteiger partial charge in [-0.1, -0.05) is 103 Å². The van der Waals surface area contributed by atoms with Crippen LogP contribution < -0.4 is 0 Å². The second-order valence-corrected chi connectivity index (χ2v) is 9.35. The Labute approximate surface area is 203 Å². The summed E-state index contributed by atoms with van der Waals surface area (Å²) in [5, 5.41) is 5.26. The zero-order valence-electron chi connectivity index (χ0n) is 19.1. The molecular formula is C34H21N. The molecule has 7 aromatic rings. The summed E-state index contributed by atoms with van der Waals surface area (Å²) in [6.45, 7) is 0. The summed E-state index contributed by atoms with van der Waals surface area (Å²) < 4.78 is 2.39. The zero-order valence-corrected chi connectivity index (χ0v) is 19.1. The van der Waals surface area contributed by atoms with E-state index in [-0.39, 0.29) is 0 Å². The lowest BCUT2D eigenvalue weighted by atomic mass is 9.94. The third-order valence-electron chi connectivity index (χ3n) is 7.55. The number of fused-ring (bicyclic) bond motifs is 6. The fourth-order valence-electron chi connectivity index (χ4n) is 6.05. The van der Waals surface area contributed by atoms with Crippen LogP contribution in [0.4, 0.5) is 0 Å². The summed E-state index contributed by atoms with van der Waals surface area (Å²) in [6, 6.07) is 46.5. The van der Waals surface area contributed by atoms with Gasteiger partial charge in [0, 0.05) is 16.5 Å². The van der Waals surface area contributed by atoms with E-state index in [4.69, 9.17) is 0 Å². The number of aromatic nitrogens is 1. The van der Waals surface area contributed by atoms with Crippen LogP contribution in [0.1, 0.15) is 0 Å². The fourth-order valence-corrected chi connectivity index (χ4v) is 6.05. The van der Waals surface area contributed by atoms with Gasteiger partial charge in [0.1, 0.15) is 0 Å². The number of nitrogens with zero attached hydrogens (tertiary/aromatic N) is 1. The summed E-state index contributed by atoms with van der Waals surface area (Å²) in [7, 11) is 0. The Morgan fingerprint density at radius 2 is 1.00 bits per heavy atom. The van der Waals surface area contributed by atoms with Crippen molar-refractivity contribution in [3.05, 3.63) is 127 Å². The maximum absolute atomic E-state index is 2.39. The molecule has 0 unspecified atom stereocenters. The van der Waals surface area contributed by atoms with E-state index in [1.807, 2.05) is 0 Å². The molecule has 0 radical (unpaired) electrons. The molecule has 35 heavy (non-hydrogen) atoms. The second kappa shape index (κ2) is 6.94. The smallest absolute Gasteiger partial charge is 0.0547 e. The Bertz CT molecular complexity index is 1910. The van der Waals surface area contributed by atoms with Gasteiger partial charge in [-0.3, -0.25) is 0 Å². The average Bonchev–Trinajstić information content (AvgIpc) is 3.43. The number of hydrogen-bond donors (Lipinski definition) is 0. The Morgan fingerprint density at radius 3 is 1.86 bits per heavy atom. The van der Waals surface area contributed by atoms with Crippen LogP contribution >= 0.6 is 0 Å². The second-order valence-electron chi connectivity index (χ2n) is 9.35. The first-order chi connectivity index (χ1) is 17.4. The van der Waals surface area contributed by atoms with Crippen molar-refractivity contribution in [2.24, 2.45) is 0 Å². The van der Waals surface area contributed by atoms with Crippen LogP contribution in [0.3, 0.4) is 0 Å². The molecule has 1 aromatic heterocycles. The van der Waals surface area contributed by atoms with E-state index in [0.717, 1.165) is 0 Å². The van der Waals surface area contributed by atoms with Gasteiger partial charge in [0.25, 0.3) is 0 Å². The summed E-state index contributed by atoms with van der Waals surface area (Å²) in [5.74, 6) is 0. The maximum atomic E-state index is 2.39. The molecule has 1 nitrogen and oxygen atoms in total. The van der Waals surface area contributed by atoms with Crippen LogP contribution in [-0.2, 0) is 0 Å². The van der Waals surface area contributed by atoms with Crippen molar-refractivity contribution in [3.63, 3.8) is 0 Å². The van der Waals surface area contributed by atoms with Gasteiger partial charge in [-0.15, -0.1) is 0 Å². The number of hydrogen-bond acceptors (Lipinski definition) is 0. The van der Waals surface area contributed by atoms with E-state index in [2.05, 4.69) is 132 Å². The van der Waals surface area contributed by atoms with E-state index < -0.39 is 0 Å². The van der Waals surface area contributed by atoms with Crippen molar-refractivity contribution in [2.75, 3.05) is 0 Å². The van der Waals surface area contributed by atoms with Crippen LogP contribution in [0.15, 0.2) is 127 Å². The predicted molar refractivity (Wildman–Crippen MR) is 148 cm³/mol. The summed E-state index contributed by atoms with van der Waals surface area (Å²) in [5.41, 5.74) is 11.6. The molecule has 0 bridgehead atoms. The Hall–Kier alpha value is -4.62. The molecule has 1 aliphatic carbocycles. The number of rotatable bonds is 2. The highest BCUT2D eigenvalue weighted by Gasteiger charge is 2.22. The van der Waals surface area contributed by atoms with Gasteiger partial charge in [-0.05, 0) is 68.4 Å². The first-order valence-corrected chi connectivity index (χ1v) is 12.1. The van der Waals surface area contributed by atoms with Crippen molar-refractivity contribution in [1.29, 1.82) is 0 Å². The third-order valence-corrected chi connectivity index (χ3v) is 7.55. The van der Waals surface area contributed by atoms with Crippen LogP contribution in [0.5, 0.6) is 0 Å². The standard InChI is InChI=1S/C34H21N/c1-2-9-23(10-3-1)35-32-16-7-6-13-27(32)28-18-17-22(21-33(28)35)24-19-20-31-26-12-5-4-11-25(26)30-15-8-14-29(24)34(30)31/h1-21H. The van der Waals surface area contributed by atoms with Gasteiger partial charge in [0.05, 0.1) is 11.0 Å². The van der Waals surface area contributed by atoms with E-state index in [1.165, 1.54) is 71.6 Å². The third kappa shape index (κ3) is 2.53. The van der Waals surface area contributed by atoms with Gasteiger partial charge >= 0.3 is 0 Å². The molecule has 0 N–H and O–H groups in total. The quantitative estimate of drug-likeness (QED) is 0.251. The largest absolute Gasteiger partial charge is 0.309 e. The van der Waals surface area contributed by atoms with E-state index in [0.29, 0.717) is 0 Å². The highest BCUT2D eigenvalue weighted by atomic mass is 15.0. The minimum absolute atomic E-state index is 1.19. The zero-order chi connectivity index (χ0) is 22.9. The van der Waals surface area contributed by atoms with Crippen LogP contribution in [0.2, 0.25) is 0 Å². The van der Waals surface area contributed by atoms with Crippen molar-refractivity contribution in [3.8, 4) is 39.1 Å². The normalized spacial score (nSPS) is 12.0. The predicted octanol–water partition coefficient (Wildman–Crippen LogP) is 9.25. The van der Waals surface area contributed by atoms with Crippen LogP contribution in [0.25, 0.3) is 71.6 Å².